The van der Waals surface area contributed by atoms with Gasteiger partial charge in [-0.25, -0.2) is 4.57 Å². The first kappa shape index (κ1) is 22.3. The summed E-state index contributed by atoms with van der Waals surface area (Å²) < 4.78 is 45.5. The predicted octanol–water partition coefficient (Wildman–Crippen LogP) is 2.37. The molecule has 6 heteroatoms. The van der Waals surface area contributed by atoms with Crippen LogP contribution in [0.2, 0.25) is 0 Å². The van der Waals surface area contributed by atoms with E-state index in [1.807, 2.05) is 0 Å². The summed E-state index contributed by atoms with van der Waals surface area (Å²) in [6.07, 6.45) is 2.75. The highest BCUT2D eigenvalue weighted by atomic mass is 35.5. The molecule has 0 saturated carbocycles. The Morgan fingerprint density at radius 2 is 1.69 bits per heavy atom. The van der Waals surface area contributed by atoms with E-state index in [-0.39, 0.29) is 18.2 Å². The van der Waals surface area contributed by atoms with E-state index in [1.165, 1.54) is 11.6 Å². The number of hydrogen-bond acceptors (Lipinski definition) is 1. The van der Waals surface area contributed by atoms with Gasteiger partial charge in [0.05, 0.1) is 12.2 Å². The van der Waals surface area contributed by atoms with Crippen molar-refractivity contribution in [2.24, 2.45) is 0 Å². The number of rotatable bonds is 8. The molecule has 0 aliphatic rings. The van der Waals surface area contributed by atoms with Gasteiger partial charge in [-0.05, 0) is 42.5 Å². The molecule has 2 nitrogen and oxygen atoms in total. The number of nitrogens with zero attached hydrogens (tertiary/aromatic N) is 1. The smallest absolute Gasteiger partial charge is 0.416 e. The van der Waals surface area contributed by atoms with Crippen LogP contribution in [0.25, 0.3) is 0 Å². The number of aryl methyl sites for hydroxylation is 1. The van der Waals surface area contributed by atoms with Gasteiger partial charge in [0.1, 0.15) is 5.75 Å². The average Bonchev–Trinajstić information content (AvgIpc) is 2.60. The molecule has 0 unspecified atom stereocenters. The van der Waals surface area contributed by atoms with E-state index in [9.17, 15) is 13.2 Å². The number of aromatic nitrogens is 1. The van der Waals surface area contributed by atoms with Crippen LogP contribution in [-0.4, -0.2) is 6.61 Å². The molecule has 2 aromatic rings. The van der Waals surface area contributed by atoms with Gasteiger partial charge in [-0.1, -0.05) is 19.9 Å². The number of alkyl halides is 3. The molecule has 2 rings (SSSR count). The van der Waals surface area contributed by atoms with Crippen LogP contribution in [0.4, 0.5) is 13.2 Å². The van der Waals surface area contributed by atoms with Gasteiger partial charge in [-0.2, -0.15) is 13.2 Å². The molecule has 0 N–H and O–H groups in total. The Bertz CT molecular complexity index is 655. The maximum absolute atomic E-state index is 12.7. The van der Waals surface area contributed by atoms with E-state index in [1.54, 1.807) is 6.07 Å². The molecule has 1 aromatic heterocycles. The zero-order chi connectivity index (χ0) is 18.3. The topological polar surface area (TPSA) is 13.1 Å². The van der Waals surface area contributed by atoms with Crippen LogP contribution in [-0.2, 0) is 12.7 Å². The van der Waals surface area contributed by atoms with Crippen molar-refractivity contribution in [3.8, 4) is 5.75 Å². The van der Waals surface area contributed by atoms with Crippen molar-refractivity contribution in [1.29, 1.82) is 0 Å². The molecule has 0 aliphatic heterocycles. The summed E-state index contributed by atoms with van der Waals surface area (Å²) >= 11 is 0. The Morgan fingerprint density at radius 3 is 2.27 bits per heavy atom. The van der Waals surface area contributed by atoms with Gasteiger partial charge in [-0.3, -0.25) is 0 Å². The third-order valence-electron chi connectivity index (χ3n) is 4.36. The van der Waals surface area contributed by atoms with Crippen molar-refractivity contribution in [1.82, 2.24) is 0 Å². The van der Waals surface area contributed by atoms with Crippen molar-refractivity contribution in [3.63, 3.8) is 0 Å². The fourth-order valence-corrected chi connectivity index (χ4v) is 2.85. The average molecular weight is 388 g/mol. The second-order valence-electron chi connectivity index (χ2n) is 6.11. The molecular weight excluding hydrogens is 363 g/mol. The van der Waals surface area contributed by atoms with Crippen LogP contribution in [0.15, 0.2) is 48.8 Å². The molecule has 0 atom stereocenters. The molecule has 0 bridgehead atoms. The molecule has 1 aromatic carbocycles. The number of halogens is 4. The molecule has 1 heterocycles. The van der Waals surface area contributed by atoms with Crippen LogP contribution < -0.4 is 21.7 Å². The first-order valence-corrected chi connectivity index (χ1v) is 8.73. The molecule has 144 valence electrons. The molecular formula is C20H25ClF3NO. The van der Waals surface area contributed by atoms with Crippen LogP contribution in [0, 0.1) is 0 Å². The largest absolute Gasteiger partial charge is 1.00 e. The number of pyridine rings is 1. The lowest BCUT2D eigenvalue weighted by Gasteiger charge is -2.11. The molecule has 0 aliphatic carbocycles. The lowest BCUT2D eigenvalue weighted by atomic mass is 9.95. The molecule has 0 spiro atoms. The SMILES string of the molecule is CCC(CC)c1cc[n+](CCCOc2cccc(C(F)(F)F)c2)cc1.[Cl-]. The summed E-state index contributed by atoms with van der Waals surface area (Å²) in [5.41, 5.74) is 0.665. The van der Waals surface area contributed by atoms with Gasteiger partial charge in [0.25, 0.3) is 0 Å². The molecule has 0 amide bonds. The van der Waals surface area contributed by atoms with Crippen molar-refractivity contribution in [3.05, 3.63) is 59.9 Å². The number of hydrogen-bond donors (Lipinski definition) is 0. The third kappa shape index (κ3) is 6.52. The van der Waals surface area contributed by atoms with Gasteiger partial charge in [0.2, 0.25) is 0 Å². The van der Waals surface area contributed by atoms with E-state index in [0.717, 1.165) is 37.9 Å². The highest BCUT2D eigenvalue weighted by molar-refractivity contribution is 5.30. The summed E-state index contributed by atoms with van der Waals surface area (Å²) in [5.74, 6) is 0.850. The number of ether oxygens (including phenoxy) is 1. The van der Waals surface area contributed by atoms with E-state index in [4.69, 9.17) is 4.74 Å². The second kappa shape index (κ2) is 10.4. The lowest BCUT2D eigenvalue weighted by Crippen LogP contribution is -3.00. The minimum absolute atomic E-state index is 0. The fourth-order valence-electron chi connectivity index (χ4n) is 2.85. The molecule has 0 fully saturated rings. The van der Waals surface area contributed by atoms with Gasteiger partial charge in [0.15, 0.2) is 18.9 Å². The minimum atomic E-state index is -4.34. The van der Waals surface area contributed by atoms with Crippen molar-refractivity contribution in [2.45, 2.75) is 51.7 Å². The maximum Gasteiger partial charge on any atom is 0.416 e. The van der Waals surface area contributed by atoms with Crippen LogP contribution in [0.1, 0.15) is 50.2 Å². The Hall–Kier alpha value is -1.75. The molecule has 0 saturated heterocycles. The Morgan fingerprint density at radius 1 is 1.04 bits per heavy atom. The van der Waals surface area contributed by atoms with Crippen LogP contribution in [0.3, 0.4) is 0 Å². The van der Waals surface area contributed by atoms with Crippen LogP contribution in [0.5, 0.6) is 5.75 Å². The zero-order valence-electron chi connectivity index (χ0n) is 15.1. The summed E-state index contributed by atoms with van der Waals surface area (Å²) in [6, 6.07) is 9.29. The van der Waals surface area contributed by atoms with E-state index < -0.39 is 11.7 Å². The first-order valence-electron chi connectivity index (χ1n) is 8.73. The quantitative estimate of drug-likeness (QED) is 0.500. The highest BCUT2D eigenvalue weighted by Gasteiger charge is 2.30. The maximum atomic E-state index is 12.7. The Kier molecular flexibility index (Phi) is 8.93. The molecule has 26 heavy (non-hydrogen) atoms. The van der Waals surface area contributed by atoms with Gasteiger partial charge < -0.3 is 17.1 Å². The van der Waals surface area contributed by atoms with Crippen LogP contribution >= 0.6 is 0 Å². The number of benzene rings is 1. The first-order chi connectivity index (χ1) is 11.9. The zero-order valence-corrected chi connectivity index (χ0v) is 15.9. The van der Waals surface area contributed by atoms with Gasteiger partial charge >= 0.3 is 6.18 Å². The van der Waals surface area contributed by atoms with Crippen molar-refractivity contribution < 1.29 is 34.9 Å². The molecule has 0 radical (unpaired) electrons. The van der Waals surface area contributed by atoms with E-state index in [0.29, 0.717) is 12.5 Å². The lowest BCUT2D eigenvalue weighted by molar-refractivity contribution is -0.697. The second-order valence-corrected chi connectivity index (χ2v) is 6.11. The van der Waals surface area contributed by atoms with Crippen molar-refractivity contribution >= 4 is 0 Å². The summed E-state index contributed by atoms with van der Waals surface area (Å²) in [5, 5.41) is 0. The normalized spacial score (nSPS) is 11.3. The standard InChI is InChI=1S/C20H25F3NO.ClH/c1-3-16(4-2)17-9-12-24(13-10-17)11-6-14-25-19-8-5-7-18(15-19)20(21,22)23;/h5,7-10,12-13,15-16H,3-4,6,11,14H2,1-2H3;1H/q+1;/p-1. The fraction of sp³-hybridized carbons (Fsp3) is 0.450. The summed E-state index contributed by atoms with van der Waals surface area (Å²) in [4.78, 5) is 0. The highest BCUT2D eigenvalue weighted by Crippen LogP contribution is 2.31. The summed E-state index contributed by atoms with van der Waals surface area (Å²) in [7, 11) is 0. The Labute approximate surface area is 159 Å². The predicted molar refractivity (Wildman–Crippen MR) is 91.5 cm³/mol. The summed E-state index contributed by atoms with van der Waals surface area (Å²) in [6.45, 7) is 5.53. The van der Waals surface area contributed by atoms with Gasteiger partial charge in [0, 0.05) is 18.6 Å². The minimum Gasteiger partial charge on any atom is -1.00 e. The van der Waals surface area contributed by atoms with Crippen molar-refractivity contribution in [2.75, 3.05) is 6.61 Å². The van der Waals surface area contributed by atoms with E-state index in [2.05, 4.69) is 42.9 Å². The Balaban J connectivity index is 0.00000338. The monoisotopic (exact) mass is 387 g/mol. The third-order valence-corrected chi connectivity index (χ3v) is 4.36. The van der Waals surface area contributed by atoms with E-state index >= 15 is 0 Å². The van der Waals surface area contributed by atoms with Gasteiger partial charge in [-0.15, -0.1) is 0 Å².